The van der Waals surface area contributed by atoms with Gasteiger partial charge in [0.05, 0.1) is 11.9 Å². The van der Waals surface area contributed by atoms with E-state index in [1.165, 1.54) is 24.4 Å². The minimum absolute atomic E-state index is 0.109. The molecule has 7 nitrogen and oxygen atoms in total. The predicted molar refractivity (Wildman–Crippen MR) is 67.1 cm³/mol. The van der Waals surface area contributed by atoms with Gasteiger partial charge in [-0.15, -0.1) is 0 Å². The first-order valence-corrected chi connectivity index (χ1v) is 6.56. The van der Waals surface area contributed by atoms with Gasteiger partial charge in [0.15, 0.2) is 5.82 Å². The van der Waals surface area contributed by atoms with Crippen LogP contribution in [0.5, 0.6) is 0 Å². The molecule has 0 unspecified atom stereocenters. The standard InChI is InChI=1S/C10H10FN5O2S/c11-8-6-13-4-3-9(8)16-19(17,18)7-1-2-10(15-12)14-5-7/h1-6H,12H2,(H,13,16)(H,14,15). The molecule has 2 aromatic heterocycles. The van der Waals surface area contributed by atoms with E-state index in [1.807, 2.05) is 0 Å². The molecular weight excluding hydrogens is 273 g/mol. The molecule has 0 spiro atoms. The number of rotatable bonds is 4. The van der Waals surface area contributed by atoms with E-state index in [2.05, 4.69) is 20.1 Å². The number of nitrogens with zero attached hydrogens (tertiary/aromatic N) is 2. The Hall–Kier alpha value is -2.26. The number of nitrogens with two attached hydrogens (primary N) is 1. The van der Waals surface area contributed by atoms with Crippen molar-refractivity contribution in [3.63, 3.8) is 0 Å². The zero-order valence-electron chi connectivity index (χ0n) is 9.54. The van der Waals surface area contributed by atoms with Crippen LogP contribution >= 0.6 is 0 Å². The molecule has 2 aromatic rings. The summed E-state index contributed by atoms with van der Waals surface area (Å²) in [6.45, 7) is 0. The van der Waals surface area contributed by atoms with E-state index in [-0.39, 0.29) is 10.6 Å². The summed E-state index contributed by atoms with van der Waals surface area (Å²) in [5.74, 6) is 4.67. The van der Waals surface area contributed by atoms with Crippen molar-refractivity contribution in [1.29, 1.82) is 0 Å². The van der Waals surface area contributed by atoms with E-state index >= 15 is 0 Å². The maximum atomic E-state index is 13.3. The molecule has 0 aliphatic heterocycles. The van der Waals surface area contributed by atoms with Crippen molar-refractivity contribution in [2.75, 3.05) is 10.1 Å². The van der Waals surface area contributed by atoms with Gasteiger partial charge in [0, 0.05) is 12.4 Å². The number of aromatic nitrogens is 2. The highest BCUT2D eigenvalue weighted by atomic mass is 32.2. The second-order valence-corrected chi connectivity index (χ2v) is 5.17. The van der Waals surface area contributed by atoms with E-state index in [0.29, 0.717) is 5.82 Å². The molecule has 100 valence electrons. The Morgan fingerprint density at radius 2 is 2.00 bits per heavy atom. The van der Waals surface area contributed by atoms with Crippen molar-refractivity contribution in [3.8, 4) is 0 Å². The number of hydrazine groups is 1. The molecule has 2 rings (SSSR count). The molecule has 4 N–H and O–H groups in total. The lowest BCUT2D eigenvalue weighted by molar-refractivity contribution is 0.597. The lowest BCUT2D eigenvalue weighted by Crippen LogP contribution is -2.15. The monoisotopic (exact) mass is 283 g/mol. The van der Waals surface area contributed by atoms with E-state index in [1.54, 1.807) is 0 Å². The average molecular weight is 283 g/mol. The number of hydrogen-bond acceptors (Lipinski definition) is 6. The van der Waals surface area contributed by atoms with Gasteiger partial charge in [0.25, 0.3) is 10.0 Å². The first kappa shape index (κ1) is 13.2. The summed E-state index contributed by atoms with van der Waals surface area (Å²) in [6.07, 6.45) is 3.30. The summed E-state index contributed by atoms with van der Waals surface area (Å²) < 4.78 is 39.4. The second-order valence-electron chi connectivity index (χ2n) is 3.48. The normalized spacial score (nSPS) is 11.1. The molecule has 19 heavy (non-hydrogen) atoms. The van der Waals surface area contributed by atoms with Gasteiger partial charge in [-0.05, 0) is 18.2 Å². The van der Waals surface area contributed by atoms with Crippen LogP contribution in [-0.2, 0) is 10.0 Å². The summed E-state index contributed by atoms with van der Waals surface area (Å²) in [6, 6.07) is 3.90. The van der Waals surface area contributed by atoms with Crippen molar-refractivity contribution in [3.05, 3.63) is 42.6 Å². The number of pyridine rings is 2. The molecule has 0 saturated carbocycles. The van der Waals surface area contributed by atoms with Crippen LogP contribution in [0, 0.1) is 5.82 Å². The first-order valence-electron chi connectivity index (χ1n) is 5.08. The number of anilines is 2. The van der Waals surface area contributed by atoms with Crippen LogP contribution in [0.1, 0.15) is 0 Å². The van der Waals surface area contributed by atoms with Crippen LogP contribution in [0.15, 0.2) is 41.7 Å². The van der Waals surface area contributed by atoms with E-state index in [9.17, 15) is 12.8 Å². The molecule has 0 amide bonds. The van der Waals surface area contributed by atoms with Gasteiger partial charge < -0.3 is 5.43 Å². The van der Waals surface area contributed by atoms with Crippen LogP contribution in [0.2, 0.25) is 0 Å². The van der Waals surface area contributed by atoms with Gasteiger partial charge in [0.1, 0.15) is 10.7 Å². The van der Waals surface area contributed by atoms with Gasteiger partial charge in [0.2, 0.25) is 0 Å². The third-order valence-electron chi connectivity index (χ3n) is 2.21. The topological polar surface area (TPSA) is 110 Å². The third-order valence-corrected chi connectivity index (χ3v) is 3.56. The predicted octanol–water partition coefficient (Wildman–Crippen LogP) is 0.702. The molecule has 0 saturated heterocycles. The summed E-state index contributed by atoms with van der Waals surface area (Å²) in [5.41, 5.74) is 2.09. The van der Waals surface area contributed by atoms with Crippen LogP contribution < -0.4 is 16.0 Å². The van der Waals surface area contributed by atoms with Crippen LogP contribution in [0.25, 0.3) is 0 Å². The van der Waals surface area contributed by atoms with Crippen molar-refractivity contribution in [1.82, 2.24) is 9.97 Å². The zero-order chi connectivity index (χ0) is 13.9. The van der Waals surface area contributed by atoms with Crippen LogP contribution in [-0.4, -0.2) is 18.4 Å². The fraction of sp³-hybridized carbons (Fsp3) is 0. The fourth-order valence-corrected chi connectivity index (χ4v) is 2.30. The number of nitrogen functional groups attached to an aromatic ring is 1. The maximum absolute atomic E-state index is 13.3. The quantitative estimate of drug-likeness (QED) is 0.563. The SMILES string of the molecule is NNc1ccc(S(=O)(=O)Nc2ccncc2F)cn1. The van der Waals surface area contributed by atoms with Crippen molar-refractivity contribution < 1.29 is 12.8 Å². The van der Waals surface area contributed by atoms with E-state index in [0.717, 1.165) is 12.4 Å². The molecule has 0 fully saturated rings. The third kappa shape index (κ3) is 2.95. The number of nitrogens with one attached hydrogen (secondary N) is 2. The fourth-order valence-electron chi connectivity index (χ4n) is 1.29. The van der Waals surface area contributed by atoms with Crippen molar-refractivity contribution in [2.45, 2.75) is 4.90 Å². The highest BCUT2D eigenvalue weighted by Crippen LogP contribution is 2.18. The maximum Gasteiger partial charge on any atom is 0.263 e. The highest BCUT2D eigenvalue weighted by Gasteiger charge is 2.16. The molecule has 0 atom stereocenters. The molecule has 2 heterocycles. The van der Waals surface area contributed by atoms with Crippen LogP contribution in [0.3, 0.4) is 0 Å². The minimum Gasteiger partial charge on any atom is -0.308 e. The van der Waals surface area contributed by atoms with Crippen LogP contribution in [0.4, 0.5) is 15.9 Å². The molecule has 0 radical (unpaired) electrons. The Labute approximate surface area is 108 Å². The van der Waals surface area contributed by atoms with Gasteiger partial charge in [-0.3, -0.25) is 9.71 Å². The lowest BCUT2D eigenvalue weighted by atomic mass is 10.4. The molecule has 0 aliphatic rings. The smallest absolute Gasteiger partial charge is 0.263 e. The second kappa shape index (κ2) is 5.16. The van der Waals surface area contributed by atoms with Gasteiger partial charge in [-0.1, -0.05) is 0 Å². The summed E-state index contributed by atoms with van der Waals surface area (Å²) in [4.78, 5) is 7.18. The Bertz CT molecular complexity index is 675. The summed E-state index contributed by atoms with van der Waals surface area (Å²) >= 11 is 0. The lowest BCUT2D eigenvalue weighted by Gasteiger charge is -2.08. The average Bonchev–Trinajstić information content (AvgIpc) is 2.41. The van der Waals surface area contributed by atoms with Gasteiger partial charge in [-0.25, -0.2) is 23.6 Å². The Morgan fingerprint density at radius 1 is 1.21 bits per heavy atom. The van der Waals surface area contributed by atoms with E-state index < -0.39 is 15.8 Å². The Kier molecular flexibility index (Phi) is 3.58. The highest BCUT2D eigenvalue weighted by molar-refractivity contribution is 7.92. The Morgan fingerprint density at radius 3 is 2.58 bits per heavy atom. The molecule has 0 bridgehead atoms. The summed E-state index contributed by atoms with van der Waals surface area (Å²) in [5, 5.41) is 0. The molecular formula is C10H10FN5O2S. The number of hydrogen-bond donors (Lipinski definition) is 3. The Balaban J connectivity index is 2.30. The zero-order valence-corrected chi connectivity index (χ0v) is 10.4. The summed E-state index contributed by atoms with van der Waals surface area (Å²) in [7, 11) is -3.91. The van der Waals surface area contributed by atoms with Crippen molar-refractivity contribution in [2.24, 2.45) is 5.84 Å². The van der Waals surface area contributed by atoms with Gasteiger partial charge in [-0.2, -0.15) is 0 Å². The minimum atomic E-state index is -3.91. The molecule has 9 heteroatoms. The molecule has 0 aromatic carbocycles. The number of sulfonamides is 1. The largest absolute Gasteiger partial charge is 0.308 e. The van der Waals surface area contributed by atoms with E-state index in [4.69, 9.17) is 5.84 Å². The number of halogens is 1. The molecule has 0 aliphatic carbocycles. The van der Waals surface area contributed by atoms with Gasteiger partial charge >= 0.3 is 0 Å². The first-order chi connectivity index (χ1) is 9.03. The van der Waals surface area contributed by atoms with Crippen molar-refractivity contribution >= 4 is 21.5 Å².